The van der Waals surface area contributed by atoms with Crippen molar-refractivity contribution in [1.29, 1.82) is 0 Å². The third-order valence-corrected chi connectivity index (χ3v) is 3.77. The summed E-state index contributed by atoms with van der Waals surface area (Å²) in [4.78, 5) is 24.4. The summed E-state index contributed by atoms with van der Waals surface area (Å²) in [7, 11) is 1.17. The minimum atomic E-state index is -0.948. The molecule has 0 amide bonds. The van der Waals surface area contributed by atoms with Gasteiger partial charge in [-0.2, -0.15) is 0 Å². The maximum absolute atomic E-state index is 13.3. The maximum atomic E-state index is 13.3. The van der Waals surface area contributed by atoms with Gasteiger partial charge >= 0.3 is 5.97 Å². The zero-order valence-electron chi connectivity index (χ0n) is 13.1. The number of carbonyl (C=O) groups excluding carboxylic acids is 1. The number of ether oxygens (including phenoxy) is 2. The van der Waals surface area contributed by atoms with Gasteiger partial charge in [0.2, 0.25) is 17.1 Å². The zero-order chi connectivity index (χ0) is 18.1. The fourth-order valence-corrected chi connectivity index (χ4v) is 2.66. The summed E-state index contributed by atoms with van der Waals surface area (Å²) in [6, 6.07) is 6.32. The summed E-state index contributed by atoms with van der Waals surface area (Å²) in [6.45, 7) is -0.522. The minimum Gasteiger partial charge on any atom is -0.465 e. The number of halogens is 1. The van der Waals surface area contributed by atoms with Crippen molar-refractivity contribution >= 4 is 5.97 Å². The van der Waals surface area contributed by atoms with Crippen LogP contribution in [-0.4, -0.2) is 18.2 Å². The van der Waals surface area contributed by atoms with Gasteiger partial charge in [-0.15, -0.1) is 0 Å². The molecule has 8 heteroatoms. The summed E-state index contributed by atoms with van der Waals surface area (Å²) in [5.74, 6) is -2.74. The molecule has 25 heavy (non-hydrogen) atoms. The Bertz CT molecular complexity index is 916. The average Bonchev–Trinajstić information content (AvgIpc) is 2.61. The molecule has 2 aromatic rings. The lowest BCUT2D eigenvalue weighted by molar-refractivity contribution is -0.136. The maximum Gasteiger partial charge on any atom is 0.340 e. The van der Waals surface area contributed by atoms with Gasteiger partial charge in [0.15, 0.2) is 5.76 Å². The monoisotopic (exact) mass is 347 g/mol. The second kappa shape index (κ2) is 6.40. The van der Waals surface area contributed by atoms with Crippen LogP contribution in [-0.2, 0) is 16.1 Å². The van der Waals surface area contributed by atoms with Crippen LogP contribution in [0, 0.1) is 5.82 Å². The molecule has 1 aromatic carbocycles. The quantitative estimate of drug-likeness (QED) is 0.801. The molecule has 0 fully saturated rings. The number of nitrogens with two attached hydrogens (primary N) is 1. The van der Waals surface area contributed by atoms with Gasteiger partial charge in [-0.05, 0) is 17.7 Å². The SMILES string of the molecule is COC(=O)C1=C(N)Oc2c(oc(CO)cc2=O)[C@@H]1c1ccc(F)cc1. The Morgan fingerprint density at radius 1 is 1.36 bits per heavy atom. The molecule has 7 nitrogen and oxygen atoms in total. The predicted molar refractivity (Wildman–Crippen MR) is 83.0 cm³/mol. The van der Waals surface area contributed by atoms with Crippen LogP contribution in [0.2, 0.25) is 0 Å². The Morgan fingerprint density at radius 2 is 2.04 bits per heavy atom. The van der Waals surface area contributed by atoms with Crippen molar-refractivity contribution < 1.29 is 28.2 Å². The number of hydrogen-bond acceptors (Lipinski definition) is 7. The lowest BCUT2D eigenvalue weighted by Crippen LogP contribution is -2.29. The van der Waals surface area contributed by atoms with Crippen LogP contribution in [0.5, 0.6) is 5.75 Å². The molecule has 130 valence electrons. The summed E-state index contributed by atoms with van der Waals surface area (Å²) in [5, 5.41) is 9.28. The smallest absolute Gasteiger partial charge is 0.340 e. The standard InChI is InChI=1S/C17H14FNO6/c1-23-17(22)13-12(8-2-4-9(18)5-3-8)15-14(25-16(13)19)11(21)6-10(7-20)24-15/h2-6,12,20H,7,19H2,1H3/t12-/m1/s1. The van der Waals surface area contributed by atoms with E-state index in [4.69, 9.17) is 19.6 Å². The van der Waals surface area contributed by atoms with E-state index in [1.165, 1.54) is 31.4 Å². The van der Waals surface area contributed by atoms with E-state index in [0.717, 1.165) is 6.07 Å². The zero-order valence-corrected chi connectivity index (χ0v) is 13.1. The molecule has 0 radical (unpaired) electrons. The van der Waals surface area contributed by atoms with E-state index in [1.54, 1.807) is 0 Å². The van der Waals surface area contributed by atoms with Crippen LogP contribution in [0.4, 0.5) is 4.39 Å². The molecular formula is C17H14FNO6. The molecular weight excluding hydrogens is 333 g/mol. The van der Waals surface area contributed by atoms with Crippen molar-refractivity contribution in [2.45, 2.75) is 12.5 Å². The van der Waals surface area contributed by atoms with Gasteiger partial charge in [-0.3, -0.25) is 4.79 Å². The molecule has 0 aliphatic carbocycles. The Labute approximate surface area is 141 Å². The number of carbonyl (C=O) groups is 1. The molecule has 0 spiro atoms. The van der Waals surface area contributed by atoms with E-state index < -0.39 is 29.7 Å². The molecule has 0 unspecified atom stereocenters. The van der Waals surface area contributed by atoms with E-state index in [1.807, 2.05) is 0 Å². The summed E-state index contributed by atoms with van der Waals surface area (Å²) in [5.41, 5.74) is 5.61. The second-order valence-electron chi connectivity index (χ2n) is 5.28. The van der Waals surface area contributed by atoms with Crippen LogP contribution in [0.25, 0.3) is 0 Å². The number of hydrogen-bond donors (Lipinski definition) is 2. The van der Waals surface area contributed by atoms with Gasteiger partial charge in [-0.1, -0.05) is 12.1 Å². The van der Waals surface area contributed by atoms with Gasteiger partial charge in [-0.25, -0.2) is 9.18 Å². The van der Waals surface area contributed by atoms with Crippen LogP contribution in [0.3, 0.4) is 0 Å². The summed E-state index contributed by atoms with van der Waals surface area (Å²) >= 11 is 0. The van der Waals surface area contributed by atoms with Crippen molar-refractivity contribution in [2.75, 3.05) is 7.11 Å². The molecule has 1 aliphatic heterocycles. The van der Waals surface area contributed by atoms with Crippen LogP contribution in [0.15, 0.2) is 51.0 Å². The topological polar surface area (TPSA) is 112 Å². The van der Waals surface area contributed by atoms with E-state index in [-0.39, 0.29) is 28.7 Å². The van der Waals surface area contributed by atoms with Crippen LogP contribution < -0.4 is 15.9 Å². The average molecular weight is 347 g/mol. The first-order chi connectivity index (χ1) is 12.0. The van der Waals surface area contributed by atoms with E-state index in [9.17, 15) is 19.1 Å². The van der Waals surface area contributed by atoms with Crippen LogP contribution in [0.1, 0.15) is 23.0 Å². The van der Waals surface area contributed by atoms with Crippen molar-refractivity contribution in [2.24, 2.45) is 5.73 Å². The Hall–Kier alpha value is -3.13. The molecule has 1 aliphatic rings. The first-order valence-electron chi connectivity index (χ1n) is 7.25. The van der Waals surface area contributed by atoms with E-state index in [0.29, 0.717) is 5.56 Å². The first kappa shape index (κ1) is 16.7. The largest absolute Gasteiger partial charge is 0.465 e. The third kappa shape index (κ3) is 2.87. The minimum absolute atomic E-state index is 0.0100. The van der Waals surface area contributed by atoms with Crippen molar-refractivity contribution in [3.8, 4) is 5.75 Å². The van der Waals surface area contributed by atoms with Crippen molar-refractivity contribution in [3.63, 3.8) is 0 Å². The Morgan fingerprint density at radius 3 is 2.64 bits per heavy atom. The highest BCUT2D eigenvalue weighted by Crippen LogP contribution is 2.41. The van der Waals surface area contributed by atoms with Gasteiger partial charge in [0.1, 0.15) is 23.8 Å². The van der Waals surface area contributed by atoms with Gasteiger partial charge in [0, 0.05) is 6.07 Å². The van der Waals surface area contributed by atoms with E-state index >= 15 is 0 Å². The number of benzene rings is 1. The van der Waals surface area contributed by atoms with Gasteiger partial charge in [0.25, 0.3) is 0 Å². The third-order valence-electron chi connectivity index (χ3n) is 3.77. The highest BCUT2D eigenvalue weighted by molar-refractivity contribution is 5.92. The van der Waals surface area contributed by atoms with Gasteiger partial charge in [0.05, 0.1) is 13.0 Å². The summed E-state index contributed by atoms with van der Waals surface area (Å²) < 4.78 is 28.8. The molecule has 1 aromatic heterocycles. The van der Waals surface area contributed by atoms with Gasteiger partial charge < -0.3 is 24.7 Å². The molecule has 3 rings (SSSR count). The predicted octanol–water partition coefficient (Wildman–Crippen LogP) is 1.14. The fraction of sp³-hybridized carbons (Fsp3) is 0.176. The number of methoxy groups -OCH3 is 1. The fourth-order valence-electron chi connectivity index (χ4n) is 2.66. The molecule has 2 heterocycles. The lowest BCUT2D eigenvalue weighted by atomic mass is 9.86. The molecule has 0 saturated carbocycles. The number of rotatable bonds is 3. The lowest BCUT2D eigenvalue weighted by Gasteiger charge is -2.26. The van der Waals surface area contributed by atoms with Crippen molar-refractivity contribution in [1.82, 2.24) is 0 Å². The second-order valence-corrected chi connectivity index (χ2v) is 5.28. The number of fused-ring (bicyclic) bond motifs is 1. The molecule has 1 atom stereocenters. The van der Waals surface area contributed by atoms with Crippen LogP contribution >= 0.6 is 0 Å². The molecule has 0 saturated heterocycles. The Balaban J connectivity index is 2.29. The van der Waals surface area contributed by atoms with E-state index in [2.05, 4.69) is 0 Å². The number of esters is 1. The molecule has 0 bridgehead atoms. The summed E-state index contributed by atoms with van der Waals surface area (Å²) in [6.07, 6.45) is 0. The molecule has 3 N–H and O–H groups in total. The van der Waals surface area contributed by atoms with Crippen molar-refractivity contribution in [3.05, 3.63) is 74.9 Å². The number of aliphatic hydroxyl groups excluding tert-OH is 1. The highest BCUT2D eigenvalue weighted by atomic mass is 19.1. The normalized spacial score (nSPS) is 16.2. The first-order valence-corrected chi connectivity index (χ1v) is 7.25. The highest BCUT2D eigenvalue weighted by Gasteiger charge is 2.38. The Kier molecular flexibility index (Phi) is 4.28. The number of aliphatic hydroxyl groups is 1.